The fourth-order valence-electron chi connectivity index (χ4n) is 2.62. The van der Waals surface area contributed by atoms with Crippen molar-refractivity contribution in [2.45, 2.75) is 25.4 Å². The maximum atomic E-state index is 11.0. The summed E-state index contributed by atoms with van der Waals surface area (Å²) in [6.07, 6.45) is -0.0847. The third-order valence-corrected chi connectivity index (χ3v) is 4.80. The van der Waals surface area contributed by atoms with Crippen molar-refractivity contribution < 1.29 is 19.4 Å². The first-order valence-electron chi connectivity index (χ1n) is 8.32. The summed E-state index contributed by atoms with van der Waals surface area (Å²) in [5.41, 5.74) is 2.07. The van der Waals surface area contributed by atoms with Crippen LogP contribution in [0.25, 0.3) is 5.78 Å². The van der Waals surface area contributed by atoms with Gasteiger partial charge in [-0.05, 0) is 38.1 Å². The molecule has 9 heteroatoms. The lowest BCUT2D eigenvalue weighted by atomic mass is 10.1. The highest BCUT2D eigenvalue weighted by Gasteiger charge is 2.15. The molecule has 0 spiro atoms. The SMILES string of the molecule is COc1ccc(OCCSc2nc3nc(C)c(CC(=O)O)c(C)n3n2)cc1. The molecule has 0 aliphatic rings. The lowest BCUT2D eigenvalue weighted by Crippen LogP contribution is -2.10. The molecule has 2 aromatic heterocycles. The summed E-state index contributed by atoms with van der Waals surface area (Å²) in [4.78, 5) is 19.8. The van der Waals surface area contributed by atoms with Gasteiger partial charge in [0.1, 0.15) is 11.5 Å². The molecule has 1 N–H and O–H groups in total. The molecule has 0 fully saturated rings. The zero-order valence-corrected chi connectivity index (χ0v) is 16.1. The van der Waals surface area contributed by atoms with Crippen molar-refractivity contribution in [1.29, 1.82) is 0 Å². The third-order valence-electron chi connectivity index (χ3n) is 4.00. The van der Waals surface area contributed by atoms with Crippen LogP contribution in [0.3, 0.4) is 0 Å². The molecule has 0 saturated carbocycles. The van der Waals surface area contributed by atoms with E-state index in [0.29, 0.717) is 34.6 Å². The fourth-order valence-corrected chi connectivity index (χ4v) is 3.26. The zero-order valence-electron chi connectivity index (χ0n) is 15.3. The highest BCUT2D eigenvalue weighted by Crippen LogP contribution is 2.20. The largest absolute Gasteiger partial charge is 0.497 e. The summed E-state index contributed by atoms with van der Waals surface area (Å²) in [6, 6.07) is 7.40. The molecular formula is C18H20N4O4S. The Hall–Kier alpha value is -2.81. The van der Waals surface area contributed by atoms with Crippen LogP contribution in [0.15, 0.2) is 29.4 Å². The molecule has 0 aliphatic carbocycles. The minimum absolute atomic E-state index is 0.0847. The lowest BCUT2D eigenvalue weighted by molar-refractivity contribution is -0.136. The molecule has 3 rings (SSSR count). The molecule has 0 saturated heterocycles. The van der Waals surface area contributed by atoms with Crippen LogP contribution in [-0.4, -0.2) is 50.1 Å². The predicted octanol–water partition coefficient (Wildman–Crippen LogP) is 2.55. The first-order valence-corrected chi connectivity index (χ1v) is 9.31. The molecule has 0 radical (unpaired) electrons. The highest BCUT2D eigenvalue weighted by molar-refractivity contribution is 7.99. The molecule has 142 valence electrons. The van der Waals surface area contributed by atoms with E-state index in [0.717, 1.165) is 17.2 Å². The normalized spacial score (nSPS) is 10.9. The number of aliphatic carboxylic acids is 1. The third kappa shape index (κ3) is 4.48. The van der Waals surface area contributed by atoms with Crippen LogP contribution < -0.4 is 9.47 Å². The number of methoxy groups -OCH3 is 1. The van der Waals surface area contributed by atoms with Gasteiger partial charge in [0, 0.05) is 22.7 Å². The first-order chi connectivity index (χ1) is 13.0. The number of ether oxygens (including phenoxy) is 2. The van der Waals surface area contributed by atoms with Crippen molar-refractivity contribution >= 4 is 23.5 Å². The van der Waals surface area contributed by atoms with Crippen LogP contribution in [0.1, 0.15) is 17.0 Å². The molecule has 2 heterocycles. The van der Waals surface area contributed by atoms with Crippen LogP contribution in [-0.2, 0) is 11.2 Å². The van der Waals surface area contributed by atoms with E-state index in [-0.39, 0.29) is 6.42 Å². The number of aryl methyl sites for hydroxylation is 2. The molecule has 8 nitrogen and oxygen atoms in total. The second-order valence-electron chi connectivity index (χ2n) is 5.81. The van der Waals surface area contributed by atoms with E-state index in [1.54, 1.807) is 18.5 Å². The van der Waals surface area contributed by atoms with Crippen LogP contribution in [0.4, 0.5) is 0 Å². The van der Waals surface area contributed by atoms with Crippen molar-refractivity contribution in [3.63, 3.8) is 0 Å². The molecule has 0 bridgehead atoms. The van der Waals surface area contributed by atoms with Gasteiger partial charge in [-0.3, -0.25) is 4.79 Å². The number of benzene rings is 1. The highest BCUT2D eigenvalue weighted by atomic mass is 32.2. The predicted molar refractivity (Wildman–Crippen MR) is 101 cm³/mol. The van der Waals surface area contributed by atoms with Crippen LogP contribution >= 0.6 is 11.8 Å². The van der Waals surface area contributed by atoms with Gasteiger partial charge < -0.3 is 14.6 Å². The maximum Gasteiger partial charge on any atom is 0.307 e. The zero-order chi connectivity index (χ0) is 19.4. The van der Waals surface area contributed by atoms with Crippen molar-refractivity contribution in [1.82, 2.24) is 19.6 Å². The molecule has 0 unspecified atom stereocenters. The van der Waals surface area contributed by atoms with E-state index >= 15 is 0 Å². The van der Waals surface area contributed by atoms with E-state index < -0.39 is 5.97 Å². The lowest BCUT2D eigenvalue weighted by Gasteiger charge is -2.07. The Morgan fingerprint density at radius 2 is 1.89 bits per heavy atom. The van der Waals surface area contributed by atoms with Gasteiger partial charge in [-0.25, -0.2) is 9.50 Å². The van der Waals surface area contributed by atoms with Crippen molar-refractivity contribution in [2.75, 3.05) is 19.5 Å². The van der Waals surface area contributed by atoms with E-state index in [2.05, 4.69) is 15.1 Å². The fraction of sp³-hybridized carbons (Fsp3) is 0.333. The Morgan fingerprint density at radius 3 is 2.56 bits per heavy atom. The second kappa shape index (κ2) is 8.26. The van der Waals surface area contributed by atoms with Gasteiger partial charge in [0.2, 0.25) is 5.16 Å². The number of thioether (sulfide) groups is 1. The molecule has 27 heavy (non-hydrogen) atoms. The number of fused-ring (bicyclic) bond motifs is 1. The monoisotopic (exact) mass is 388 g/mol. The van der Waals surface area contributed by atoms with Gasteiger partial charge in [0.25, 0.3) is 5.78 Å². The van der Waals surface area contributed by atoms with E-state index in [9.17, 15) is 4.79 Å². The second-order valence-corrected chi connectivity index (χ2v) is 6.87. The Balaban J connectivity index is 1.63. The molecule has 0 aliphatic heterocycles. The smallest absolute Gasteiger partial charge is 0.307 e. The number of carboxylic acid groups (broad SMARTS) is 1. The molecule has 0 amide bonds. The number of carboxylic acids is 1. The van der Waals surface area contributed by atoms with Crippen molar-refractivity contribution in [3.05, 3.63) is 41.2 Å². The van der Waals surface area contributed by atoms with Gasteiger partial charge in [-0.2, -0.15) is 4.98 Å². The van der Waals surface area contributed by atoms with E-state index in [1.165, 1.54) is 11.8 Å². The Labute approximate surface area is 160 Å². The van der Waals surface area contributed by atoms with Crippen LogP contribution in [0.2, 0.25) is 0 Å². The standard InChI is InChI=1S/C18H20N4O4S/c1-11-15(10-16(23)24)12(2)22-17(19-11)20-18(21-22)27-9-8-26-14-6-4-13(25-3)5-7-14/h4-7H,8-10H2,1-3H3,(H,23,24). The average Bonchev–Trinajstić information content (AvgIpc) is 3.05. The Bertz CT molecular complexity index is 956. The maximum absolute atomic E-state index is 11.0. The Kier molecular flexibility index (Phi) is 5.80. The molecule has 3 aromatic rings. The molecular weight excluding hydrogens is 368 g/mol. The summed E-state index contributed by atoms with van der Waals surface area (Å²) in [7, 11) is 1.62. The number of hydrogen-bond donors (Lipinski definition) is 1. The van der Waals surface area contributed by atoms with Crippen molar-refractivity contribution in [2.24, 2.45) is 0 Å². The molecule has 0 atom stereocenters. The van der Waals surface area contributed by atoms with Gasteiger partial charge in [-0.15, -0.1) is 5.10 Å². The number of carbonyl (C=O) groups is 1. The Morgan fingerprint density at radius 1 is 1.19 bits per heavy atom. The average molecular weight is 388 g/mol. The van der Waals surface area contributed by atoms with Gasteiger partial charge in [0.05, 0.1) is 20.1 Å². The molecule has 1 aromatic carbocycles. The topological polar surface area (TPSA) is 98.8 Å². The minimum atomic E-state index is -0.896. The van der Waals surface area contributed by atoms with Gasteiger partial charge in [0.15, 0.2) is 0 Å². The van der Waals surface area contributed by atoms with Gasteiger partial charge >= 0.3 is 5.97 Å². The summed E-state index contributed by atoms with van der Waals surface area (Å²) < 4.78 is 12.4. The minimum Gasteiger partial charge on any atom is -0.497 e. The summed E-state index contributed by atoms with van der Waals surface area (Å²) >= 11 is 1.46. The number of aromatic nitrogens is 4. The summed E-state index contributed by atoms with van der Waals surface area (Å²) in [5, 5.41) is 14.1. The quantitative estimate of drug-likeness (QED) is 0.464. The van der Waals surface area contributed by atoms with Crippen LogP contribution in [0, 0.1) is 13.8 Å². The van der Waals surface area contributed by atoms with Crippen LogP contribution in [0.5, 0.6) is 11.5 Å². The van der Waals surface area contributed by atoms with Gasteiger partial charge in [-0.1, -0.05) is 11.8 Å². The van der Waals surface area contributed by atoms with Crippen molar-refractivity contribution in [3.8, 4) is 11.5 Å². The number of hydrogen-bond acceptors (Lipinski definition) is 7. The van der Waals surface area contributed by atoms with E-state index in [4.69, 9.17) is 14.6 Å². The summed E-state index contributed by atoms with van der Waals surface area (Å²) in [5.74, 6) is 1.80. The van der Waals surface area contributed by atoms with E-state index in [1.807, 2.05) is 31.2 Å². The number of nitrogens with zero attached hydrogens (tertiary/aromatic N) is 4. The first kappa shape index (κ1) is 19.0. The number of rotatable bonds is 8. The summed E-state index contributed by atoms with van der Waals surface area (Å²) in [6.45, 7) is 4.12.